The summed E-state index contributed by atoms with van der Waals surface area (Å²) < 4.78 is 9.06. The first-order valence-corrected chi connectivity index (χ1v) is 8.28. The number of nitrogens with zero attached hydrogens (tertiary/aromatic N) is 4. The Kier molecular flexibility index (Phi) is 5.14. The van der Waals surface area contributed by atoms with Crippen molar-refractivity contribution in [1.82, 2.24) is 24.6 Å². The molecule has 0 aliphatic rings. The summed E-state index contributed by atoms with van der Waals surface area (Å²) in [6, 6.07) is 9.63. The fourth-order valence-electron chi connectivity index (χ4n) is 3.05. The summed E-state index contributed by atoms with van der Waals surface area (Å²) in [5, 5.41) is 7.19. The van der Waals surface area contributed by atoms with E-state index in [0.29, 0.717) is 19.6 Å². The Morgan fingerprint density at radius 2 is 2.12 bits per heavy atom. The minimum Gasteiger partial charge on any atom is -0.382 e. The number of ether oxygens (including phenoxy) is 1. The van der Waals surface area contributed by atoms with Gasteiger partial charge in [-0.2, -0.15) is 5.10 Å². The summed E-state index contributed by atoms with van der Waals surface area (Å²) in [5.74, 6) is 0.884. The van der Waals surface area contributed by atoms with Gasteiger partial charge in [-0.05, 0) is 25.1 Å². The second-order valence-electron chi connectivity index (χ2n) is 6.00. The van der Waals surface area contributed by atoms with Crippen LogP contribution >= 0.6 is 0 Å². The molecule has 1 aromatic carbocycles. The molecule has 0 radical (unpaired) electrons. The number of methoxy groups -OCH3 is 1. The van der Waals surface area contributed by atoms with Gasteiger partial charge in [0.05, 0.1) is 29.4 Å². The van der Waals surface area contributed by atoms with Crippen LogP contribution in [0.3, 0.4) is 0 Å². The van der Waals surface area contributed by atoms with Crippen molar-refractivity contribution in [3.8, 4) is 0 Å². The van der Waals surface area contributed by atoms with Gasteiger partial charge in [-0.25, -0.2) is 4.98 Å². The molecule has 0 spiro atoms. The molecule has 0 saturated heterocycles. The molecule has 1 amide bonds. The van der Waals surface area contributed by atoms with Crippen molar-refractivity contribution in [2.75, 3.05) is 13.7 Å². The zero-order chi connectivity index (χ0) is 17.8. The van der Waals surface area contributed by atoms with E-state index in [2.05, 4.69) is 20.0 Å². The maximum absolute atomic E-state index is 12.4. The van der Waals surface area contributed by atoms with E-state index in [9.17, 15) is 4.79 Å². The highest BCUT2D eigenvalue weighted by Gasteiger charge is 2.18. The van der Waals surface area contributed by atoms with Crippen molar-refractivity contribution in [2.45, 2.75) is 25.9 Å². The van der Waals surface area contributed by atoms with Crippen LogP contribution in [-0.4, -0.2) is 39.0 Å². The Labute approximate surface area is 146 Å². The van der Waals surface area contributed by atoms with Crippen molar-refractivity contribution in [3.63, 3.8) is 0 Å². The summed E-state index contributed by atoms with van der Waals surface area (Å²) in [7, 11) is 3.47. The molecule has 7 heteroatoms. The Morgan fingerprint density at radius 1 is 1.32 bits per heavy atom. The minimum absolute atomic E-state index is 0.0274. The molecular formula is C18H23N5O2. The van der Waals surface area contributed by atoms with Crippen LogP contribution in [0.15, 0.2) is 36.5 Å². The van der Waals surface area contributed by atoms with E-state index in [1.54, 1.807) is 18.0 Å². The van der Waals surface area contributed by atoms with Crippen LogP contribution in [0.5, 0.6) is 0 Å². The lowest BCUT2D eigenvalue weighted by Crippen LogP contribution is -2.33. The molecule has 25 heavy (non-hydrogen) atoms. The van der Waals surface area contributed by atoms with Gasteiger partial charge in [-0.15, -0.1) is 0 Å². The zero-order valence-electron chi connectivity index (χ0n) is 14.8. The highest BCUT2D eigenvalue weighted by Crippen LogP contribution is 2.16. The van der Waals surface area contributed by atoms with E-state index in [0.717, 1.165) is 22.6 Å². The third-order valence-electron chi connectivity index (χ3n) is 4.29. The molecule has 0 unspecified atom stereocenters. The van der Waals surface area contributed by atoms with Gasteiger partial charge in [-0.1, -0.05) is 12.1 Å². The van der Waals surface area contributed by atoms with Gasteiger partial charge in [0, 0.05) is 33.3 Å². The molecule has 0 aliphatic heterocycles. The number of aryl methyl sites for hydroxylation is 3. The van der Waals surface area contributed by atoms with Crippen LogP contribution in [0.25, 0.3) is 11.0 Å². The first-order chi connectivity index (χ1) is 12.1. The van der Waals surface area contributed by atoms with Crippen molar-refractivity contribution in [1.29, 1.82) is 0 Å². The van der Waals surface area contributed by atoms with E-state index in [1.165, 1.54) is 0 Å². The fourth-order valence-corrected chi connectivity index (χ4v) is 3.05. The quantitative estimate of drug-likeness (QED) is 0.713. The number of hydrogen-bond acceptors (Lipinski definition) is 4. The van der Waals surface area contributed by atoms with Crippen molar-refractivity contribution in [2.24, 2.45) is 7.05 Å². The third kappa shape index (κ3) is 3.71. The topological polar surface area (TPSA) is 74.0 Å². The van der Waals surface area contributed by atoms with Crippen molar-refractivity contribution >= 4 is 16.9 Å². The number of carbonyl (C=O) groups is 1. The number of aromatic nitrogens is 4. The average Bonchev–Trinajstić information content (AvgIpc) is 3.15. The Hall–Kier alpha value is -2.67. The number of nitrogens with one attached hydrogen (secondary N) is 1. The van der Waals surface area contributed by atoms with Gasteiger partial charge in [0.1, 0.15) is 5.82 Å². The summed E-state index contributed by atoms with van der Waals surface area (Å²) >= 11 is 0. The number of para-hydroxylation sites is 2. The van der Waals surface area contributed by atoms with E-state index in [-0.39, 0.29) is 11.9 Å². The predicted octanol–water partition coefficient (Wildman–Crippen LogP) is 1.97. The lowest BCUT2D eigenvalue weighted by Gasteiger charge is -2.18. The second kappa shape index (κ2) is 7.48. The van der Waals surface area contributed by atoms with Crippen LogP contribution in [0.4, 0.5) is 0 Å². The van der Waals surface area contributed by atoms with Crippen LogP contribution in [0.1, 0.15) is 24.0 Å². The number of rotatable bonds is 7. The zero-order valence-corrected chi connectivity index (χ0v) is 14.8. The number of amides is 1. The van der Waals surface area contributed by atoms with Crippen LogP contribution < -0.4 is 5.32 Å². The highest BCUT2D eigenvalue weighted by atomic mass is 16.5. The van der Waals surface area contributed by atoms with Crippen molar-refractivity contribution < 1.29 is 9.53 Å². The molecule has 3 rings (SSSR count). The number of fused-ring (bicyclic) bond motifs is 1. The van der Waals surface area contributed by atoms with Crippen LogP contribution in [0, 0.1) is 6.92 Å². The molecule has 7 nitrogen and oxygen atoms in total. The maximum Gasteiger partial charge on any atom is 0.222 e. The Bertz CT molecular complexity index is 867. The largest absolute Gasteiger partial charge is 0.382 e. The Morgan fingerprint density at radius 3 is 2.84 bits per heavy atom. The smallest absolute Gasteiger partial charge is 0.222 e. The van der Waals surface area contributed by atoms with E-state index < -0.39 is 0 Å². The number of imidazole rings is 1. The highest BCUT2D eigenvalue weighted by molar-refractivity contribution is 5.78. The maximum atomic E-state index is 12.4. The lowest BCUT2D eigenvalue weighted by atomic mass is 10.2. The van der Waals surface area contributed by atoms with E-state index in [1.807, 2.05) is 44.3 Å². The molecule has 132 valence electrons. The molecule has 2 heterocycles. The van der Waals surface area contributed by atoms with Gasteiger partial charge in [0.2, 0.25) is 5.91 Å². The molecular weight excluding hydrogens is 318 g/mol. The SMILES string of the molecule is COC[C@@H](NC(=O)CCn1c(C)nc2ccccc21)c1ccnn1C. The lowest BCUT2D eigenvalue weighted by molar-refractivity contribution is -0.122. The van der Waals surface area contributed by atoms with Gasteiger partial charge in [0.15, 0.2) is 0 Å². The standard InChI is InChI=1S/C18H23N5O2/c1-13-20-14-6-4-5-7-17(14)23(13)11-9-18(24)21-15(12-25-3)16-8-10-19-22(16)2/h4-8,10,15H,9,11-12H2,1-3H3,(H,21,24)/t15-/m1/s1. The van der Waals surface area contributed by atoms with Crippen LogP contribution in [-0.2, 0) is 23.1 Å². The average molecular weight is 341 g/mol. The Balaban J connectivity index is 1.67. The fraction of sp³-hybridized carbons (Fsp3) is 0.389. The molecule has 0 saturated carbocycles. The molecule has 0 aliphatic carbocycles. The second-order valence-corrected chi connectivity index (χ2v) is 6.00. The molecule has 1 atom stereocenters. The molecule has 1 N–H and O–H groups in total. The minimum atomic E-state index is -0.217. The first kappa shape index (κ1) is 17.2. The number of hydrogen-bond donors (Lipinski definition) is 1. The molecule has 2 aromatic heterocycles. The van der Waals surface area contributed by atoms with E-state index >= 15 is 0 Å². The number of carbonyl (C=O) groups excluding carboxylic acids is 1. The normalized spacial score (nSPS) is 12.4. The molecule has 3 aromatic rings. The van der Waals surface area contributed by atoms with Gasteiger partial charge in [-0.3, -0.25) is 9.48 Å². The summed E-state index contributed by atoms with van der Waals surface area (Å²) in [6.07, 6.45) is 2.09. The predicted molar refractivity (Wildman–Crippen MR) is 95.1 cm³/mol. The van der Waals surface area contributed by atoms with Gasteiger partial charge in [0.25, 0.3) is 0 Å². The van der Waals surface area contributed by atoms with Crippen LogP contribution in [0.2, 0.25) is 0 Å². The third-order valence-corrected chi connectivity index (χ3v) is 4.29. The van der Waals surface area contributed by atoms with E-state index in [4.69, 9.17) is 4.74 Å². The first-order valence-electron chi connectivity index (χ1n) is 8.28. The monoisotopic (exact) mass is 341 g/mol. The summed E-state index contributed by atoms with van der Waals surface area (Å²) in [5.41, 5.74) is 2.92. The molecule has 0 bridgehead atoms. The summed E-state index contributed by atoms with van der Waals surface area (Å²) in [4.78, 5) is 17.0. The van der Waals surface area contributed by atoms with Gasteiger partial charge < -0.3 is 14.6 Å². The van der Waals surface area contributed by atoms with Crippen molar-refractivity contribution in [3.05, 3.63) is 48.0 Å². The van der Waals surface area contributed by atoms with Gasteiger partial charge >= 0.3 is 0 Å². The number of benzene rings is 1. The molecule has 0 fully saturated rings. The summed E-state index contributed by atoms with van der Waals surface area (Å²) in [6.45, 7) is 2.95.